The van der Waals surface area contributed by atoms with Gasteiger partial charge in [-0.3, -0.25) is 14.6 Å². The van der Waals surface area contributed by atoms with Crippen LogP contribution in [0.5, 0.6) is 0 Å². The van der Waals surface area contributed by atoms with Crippen LogP contribution in [0.4, 0.5) is 0 Å². The smallest absolute Gasteiger partial charge is 0.250 e. The first-order valence-corrected chi connectivity index (χ1v) is 6.11. The summed E-state index contributed by atoms with van der Waals surface area (Å²) in [6, 6.07) is 13.1. The summed E-state index contributed by atoms with van der Waals surface area (Å²) in [5.41, 5.74) is 11.5. The van der Waals surface area contributed by atoms with E-state index in [1.807, 2.05) is 30.3 Å². The van der Waals surface area contributed by atoms with Crippen molar-refractivity contribution in [1.29, 1.82) is 0 Å². The van der Waals surface area contributed by atoms with Gasteiger partial charge in [-0.2, -0.15) is 0 Å². The summed E-state index contributed by atoms with van der Waals surface area (Å²) in [5.74, 6) is -0.683. The van der Waals surface area contributed by atoms with Crippen molar-refractivity contribution in [3.05, 3.63) is 66.0 Å². The summed E-state index contributed by atoms with van der Waals surface area (Å²) in [5, 5.41) is 0. The molecular formula is C15H17N3O2. The Hall–Kier alpha value is -2.69. The zero-order valence-corrected chi connectivity index (χ0v) is 11.0. The summed E-state index contributed by atoms with van der Waals surface area (Å²) in [4.78, 5) is 24.5. The lowest BCUT2D eigenvalue weighted by atomic mass is 10.1. The van der Waals surface area contributed by atoms with E-state index in [0.29, 0.717) is 12.0 Å². The Balaban J connectivity index is 0.000000204. The SMILES string of the molecule is NC(=O)CCc1ccccc1.NC(=O)c1cccnc1. The number of rotatable bonds is 4. The van der Waals surface area contributed by atoms with Crippen LogP contribution in [-0.2, 0) is 11.2 Å². The van der Waals surface area contributed by atoms with Gasteiger partial charge in [-0.25, -0.2) is 0 Å². The standard InChI is InChI=1S/C9H11NO.C6H6N2O/c10-9(11)7-6-8-4-2-1-3-5-8;7-6(9)5-2-1-3-8-4-5/h1-5H,6-7H2,(H2,10,11);1-4H,(H2,7,9). The van der Waals surface area contributed by atoms with Crippen molar-refractivity contribution in [2.75, 3.05) is 0 Å². The average Bonchev–Trinajstić information content (AvgIpc) is 2.48. The van der Waals surface area contributed by atoms with E-state index in [1.165, 1.54) is 6.20 Å². The van der Waals surface area contributed by atoms with Crippen molar-refractivity contribution in [2.45, 2.75) is 12.8 Å². The first-order chi connectivity index (χ1) is 9.59. The zero-order chi connectivity index (χ0) is 14.8. The Morgan fingerprint density at radius 1 is 1.00 bits per heavy atom. The highest BCUT2D eigenvalue weighted by atomic mass is 16.1. The topological polar surface area (TPSA) is 99.1 Å². The molecule has 2 amide bonds. The molecule has 0 aliphatic heterocycles. The van der Waals surface area contributed by atoms with Crippen LogP contribution in [-0.4, -0.2) is 16.8 Å². The van der Waals surface area contributed by atoms with Crippen LogP contribution >= 0.6 is 0 Å². The van der Waals surface area contributed by atoms with Gasteiger partial charge in [0.15, 0.2) is 0 Å². The fraction of sp³-hybridized carbons (Fsp3) is 0.133. The second-order valence-electron chi connectivity index (χ2n) is 4.06. The molecule has 104 valence electrons. The van der Waals surface area contributed by atoms with Gasteiger partial charge < -0.3 is 11.5 Å². The third-order valence-corrected chi connectivity index (χ3v) is 2.45. The second kappa shape index (κ2) is 8.42. The van der Waals surface area contributed by atoms with Crippen LogP contribution in [0.1, 0.15) is 22.3 Å². The predicted octanol–water partition coefficient (Wildman–Crippen LogP) is 1.28. The normalized spacial score (nSPS) is 9.20. The molecular weight excluding hydrogens is 254 g/mol. The third-order valence-electron chi connectivity index (χ3n) is 2.45. The van der Waals surface area contributed by atoms with Crippen molar-refractivity contribution in [2.24, 2.45) is 11.5 Å². The summed E-state index contributed by atoms with van der Waals surface area (Å²) < 4.78 is 0. The number of hydrogen-bond acceptors (Lipinski definition) is 3. The Morgan fingerprint density at radius 2 is 1.70 bits per heavy atom. The highest BCUT2D eigenvalue weighted by molar-refractivity contribution is 5.92. The molecule has 0 saturated heterocycles. The molecule has 0 fully saturated rings. The molecule has 20 heavy (non-hydrogen) atoms. The van der Waals surface area contributed by atoms with Gasteiger partial charge in [0.2, 0.25) is 11.8 Å². The van der Waals surface area contributed by atoms with E-state index in [2.05, 4.69) is 4.98 Å². The van der Waals surface area contributed by atoms with Crippen LogP contribution in [0.25, 0.3) is 0 Å². The average molecular weight is 271 g/mol. The fourth-order valence-corrected chi connectivity index (χ4v) is 1.42. The van der Waals surface area contributed by atoms with Crippen LogP contribution in [0.15, 0.2) is 54.9 Å². The summed E-state index contributed by atoms with van der Waals surface area (Å²) in [6.07, 6.45) is 4.20. The second-order valence-corrected chi connectivity index (χ2v) is 4.06. The number of benzene rings is 1. The van der Waals surface area contributed by atoms with Crippen molar-refractivity contribution in [1.82, 2.24) is 4.98 Å². The third kappa shape index (κ3) is 6.30. The first-order valence-electron chi connectivity index (χ1n) is 6.11. The lowest BCUT2D eigenvalue weighted by Gasteiger charge is -1.96. The lowest BCUT2D eigenvalue weighted by molar-refractivity contribution is -0.117. The Kier molecular flexibility index (Phi) is 6.47. The molecule has 4 N–H and O–H groups in total. The first kappa shape index (κ1) is 15.4. The largest absolute Gasteiger partial charge is 0.370 e. The van der Waals surface area contributed by atoms with E-state index >= 15 is 0 Å². The van der Waals surface area contributed by atoms with Crippen molar-refractivity contribution >= 4 is 11.8 Å². The Morgan fingerprint density at radius 3 is 2.15 bits per heavy atom. The minimum atomic E-state index is -0.442. The monoisotopic (exact) mass is 271 g/mol. The van der Waals surface area contributed by atoms with E-state index in [4.69, 9.17) is 11.5 Å². The van der Waals surface area contributed by atoms with Gasteiger partial charge in [-0.1, -0.05) is 30.3 Å². The minimum absolute atomic E-state index is 0.242. The predicted molar refractivity (Wildman–Crippen MR) is 76.7 cm³/mol. The van der Waals surface area contributed by atoms with Gasteiger partial charge in [0.1, 0.15) is 0 Å². The molecule has 5 heteroatoms. The molecule has 1 aromatic heterocycles. The van der Waals surface area contributed by atoms with Crippen LogP contribution in [0, 0.1) is 0 Å². The van der Waals surface area contributed by atoms with Gasteiger partial charge in [-0.05, 0) is 24.1 Å². The number of nitrogens with two attached hydrogens (primary N) is 2. The number of hydrogen-bond donors (Lipinski definition) is 2. The number of aromatic nitrogens is 1. The molecule has 2 rings (SSSR count). The van der Waals surface area contributed by atoms with Gasteiger partial charge in [0.05, 0.1) is 5.56 Å². The number of carbonyl (C=O) groups is 2. The molecule has 2 aromatic rings. The van der Waals surface area contributed by atoms with Crippen molar-refractivity contribution in [3.8, 4) is 0 Å². The molecule has 1 aromatic carbocycles. The Labute approximate surface area is 117 Å². The van der Waals surface area contributed by atoms with Crippen LogP contribution in [0.2, 0.25) is 0 Å². The lowest BCUT2D eigenvalue weighted by Crippen LogP contribution is -2.10. The molecule has 0 atom stereocenters. The molecule has 0 spiro atoms. The summed E-state index contributed by atoms with van der Waals surface area (Å²) >= 11 is 0. The molecule has 0 bridgehead atoms. The van der Waals surface area contributed by atoms with Crippen LogP contribution < -0.4 is 11.5 Å². The summed E-state index contributed by atoms with van der Waals surface area (Å²) in [7, 11) is 0. The summed E-state index contributed by atoms with van der Waals surface area (Å²) in [6.45, 7) is 0. The number of nitrogens with zero attached hydrogens (tertiary/aromatic N) is 1. The zero-order valence-electron chi connectivity index (χ0n) is 11.0. The fourth-order valence-electron chi connectivity index (χ4n) is 1.42. The maximum atomic E-state index is 10.4. The molecule has 1 heterocycles. The number of carbonyl (C=O) groups excluding carboxylic acids is 2. The molecule has 0 radical (unpaired) electrons. The van der Waals surface area contributed by atoms with Gasteiger partial charge in [0, 0.05) is 18.8 Å². The molecule has 5 nitrogen and oxygen atoms in total. The van der Waals surface area contributed by atoms with Crippen molar-refractivity contribution < 1.29 is 9.59 Å². The van der Waals surface area contributed by atoms with E-state index in [0.717, 1.165) is 12.0 Å². The van der Waals surface area contributed by atoms with Gasteiger partial charge in [-0.15, -0.1) is 0 Å². The van der Waals surface area contributed by atoms with Gasteiger partial charge in [0.25, 0.3) is 0 Å². The Bertz CT molecular complexity index is 542. The van der Waals surface area contributed by atoms with E-state index in [1.54, 1.807) is 18.3 Å². The number of amides is 2. The van der Waals surface area contributed by atoms with E-state index in [-0.39, 0.29) is 5.91 Å². The molecule has 0 aliphatic carbocycles. The minimum Gasteiger partial charge on any atom is -0.370 e. The van der Waals surface area contributed by atoms with E-state index < -0.39 is 5.91 Å². The van der Waals surface area contributed by atoms with Gasteiger partial charge >= 0.3 is 0 Å². The van der Waals surface area contributed by atoms with Crippen molar-refractivity contribution in [3.63, 3.8) is 0 Å². The maximum absolute atomic E-state index is 10.4. The highest BCUT2D eigenvalue weighted by Gasteiger charge is 1.95. The van der Waals surface area contributed by atoms with E-state index in [9.17, 15) is 9.59 Å². The molecule has 0 unspecified atom stereocenters. The quantitative estimate of drug-likeness (QED) is 0.876. The number of primary amides is 2. The number of pyridine rings is 1. The maximum Gasteiger partial charge on any atom is 0.250 e. The number of aryl methyl sites for hydroxylation is 1. The molecule has 0 saturated carbocycles. The van der Waals surface area contributed by atoms with Crippen LogP contribution in [0.3, 0.4) is 0 Å². The highest BCUT2D eigenvalue weighted by Crippen LogP contribution is 2.01. The molecule has 0 aliphatic rings.